The van der Waals surface area contributed by atoms with Crippen molar-refractivity contribution in [3.05, 3.63) is 0 Å². The highest BCUT2D eigenvalue weighted by molar-refractivity contribution is 5.72. The number of carbonyl (C=O) groups is 1. The van der Waals surface area contributed by atoms with Gasteiger partial charge in [0.05, 0.1) is 0 Å². The lowest BCUT2D eigenvalue weighted by Gasteiger charge is -2.00. The average molecular weight is 124 g/mol. The summed E-state index contributed by atoms with van der Waals surface area (Å²) in [5.74, 6) is -1.35. The zero-order valence-corrected chi connectivity index (χ0v) is 4.59. The predicted molar refractivity (Wildman–Crippen MR) is 30.5 cm³/mol. The Bertz CT molecular complexity index is 156. The van der Waals surface area contributed by atoms with E-state index in [0.717, 1.165) is 6.92 Å². The fourth-order valence-electron chi connectivity index (χ4n) is 0.251. The third-order valence-corrected chi connectivity index (χ3v) is 0.631. The average Bonchev–Trinajstić information content (AvgIpc) is 1.82. The summed E-state index contributed by atoms with van der Waals surface area (Å²) < 4.78 is 21.1. The molecule has 0 rings (SSSR count). The Morgan fingerprint density at radius 2 is 2.62 bits per heavy atom. The van der Waals surface area contributed by atoms with Crippen molar-refractivity contribution in [1.82, 2.24) is 0 Å². The maximum atomic E-state index is 10.2. The van der Waals surface area contributed by atoms with Gasteiger partial charge in [0.1, 0.15) is 6.04 Å². The molecule has 48 valence electrons. The van der Waals surface area contributed by atoms with Gasteiger partial charge in [0.2, 0.25) is 0 Å². The normalized spacial score (nSPS) is 24.5. The van der Waals surface area contributed by atoms with Crippen molar-refractivity contribution < 1.29 is 14.0 Å². The summed E-state index contributed by atoms with van der Waals surface area (Å²) in [5.41, 5.74) is 5.02. The summed E-state index contributed by atoms with van der Waals surface area (Å²) in [4.78, 5) is 10.2. The number of hydrogen-bond acceptors (Lipinski definition) is 2. The lowest BCUT2D eigenvalue weighted by molar-refractivity contribution is -0.138. The topological polar surface area (TPSA) is 63.3 Å². The Hall–Kier alpha value is -0.570. The number of carboxylic acids is 1. The first-order chi connectivity index (χ1) is 4.76. The smallest absolute Gasteiger partial charge is 0.320 e. The van der Waals surface area contributed by atoms with E-state index in [0.29, 0.717) is 0 Å². The van der Waals surface area contributed by atoms with Crippen LogP contribution < -0.4 is 5.73 Å². The molecule has 0 aromatic rings. The first-order valence-electron chi connectivity index (χ1n) is 3.75. The van der Waals surface area contributed by atoms with Gasteiger partial charge in [-0.2, -0.15) is 0 Å². The molecular weight excluding hydrogens is 110 g/mol. The maximum absolute atomic E-state index is 10.2. The summed E-state index contributed by atoms with van der Waals surface area (Å²) in [6.07, 6.45) is -3.31. The molecule has 3 nitrogen and oxygen atoms in total. The van der Waals surface area contributed by atoms with Gasteiger partial charge in [-0.05, 0) is 6.40 Å². The maximum Gasteiger partial charge on any atom is 0.320 e. The van der Waals surface area contributed by atoms with Crippen LogP contribution in [0.25, 0.3) is 0 Å². The number of hydrogen-bond donors (Lipinski definition) is 2. The lowest BCUT2D eigenvalue weighted by atomic mass is 10.7. The van der Waals surface area contributed by atoms with Crippen LogP contribution in [-0.2, 0) is 4.79 Å². The van der Waals surface area contributed by atoms with Crippen LogP contribution in [0.5, 0.6) is 0 Å². The van der Waals surface area contributed by atoms with E-state index in [9.17, 15) is 4.79 Å². The summed E-state index contributed by atoms with van der Waals surface area (Å²) in [7, 11) is 0. The first kappa shape index (κ1) is 3.45. The fraction of sp³-hybridized carbons (Fsp3) is 0.800. The van der Waals surface area contributed by atoms with Gasteiger partial charge < -0.3 is 10.8 Å². The summed E-state index contributed by atoms with van der Waals surface area (Å²) >= 11 is 0. The van der Waals surface area contributed by atoms with E-state index in [1.54, 1.807) is 0 Å². The second-order valence-electron chi connectivity index (χ2n) is 1.32. The second kappa shape index (κ2) is 3.43. The fourth-order valence-corrected chi connectivity index (χ4v) is 0.251. The first-order valence-corrected chi connectivity index (χ1v) is 2.17. The molecule has 0 aliphatic rings. The highest BCUT2D eigenvalue weighted by Crippen LogP contribution is 1.91. The van der Waals surface area contributed by atoms with E-state index in [2.05, 4.69) is 0 Å². The monoisotopic (exact) mass is 124 g/mol. The molecule has 0 amide bonds. The highest BCUT2D eigenvalue weighted by atomic mass is 16.5. The number of nitrogens with two attached hydrogens (primary N) is 1. The lowest BCUT2D eigenvalue weighted by Crippen LogP contribution is -2.29. The van der Waals surface area contributed by atoms with Crippen molar-refractivity contribution in [2.75, 3.05) is 0 Å². The summed E-state index contributed by atoms with van der Waals surface area (Å²) in [5, 5.41) is 8.30. The van der Waals surface area contributed by atoms with Crippen LogP contribution in [0.1, 0.15) is 23.8 Å². The molecule has 0 unspecified atom stereocenters. The van der Waals surface area contributed by atoms with E-state index in [1.807, 2.05) is 0 Å². The summed E-state index contributed by atoms with van der Waals surface area (Å²) in [6.45, 7) is 1.13. The van der Waals surface area contributed by atoms with Crippen molar-refractivity contribution in [2.45, 2.75) is 25.7 Å². The van der Waals surface area contributed by atoms with Crippen LogP contribution in [0.3, 0.4) is 0 Å². The zero-order chi connectivity index (χ0) is 9.23. The van der Waals surface area contributed by atoms with E-state index in [-0.39, 0.29) is 0 Å². The van der Waals surface area contributed by atoms with Crippen LogP contribution >= 0.6 is 0 Å². The van der Waals surface area contributed by atoms with Gasteiger partial charge in [0.15, 0.2) is 0 Å². The third-order valence-electron chi connectivity index (χ3n) is 0.631. The molecule has 0 saturated heterocycles. The molecule has 0 spiro atoms. The van der Waals surface area contributed by atoms with Gasteiger partial charge in [-0.15, -0.1) is 0 Å². The molecule has 8 heavy (non-hydrogen) atoms. The molecule has 0 aromatic heterocycles. The standard InChI is InChI=1S/C5H11NO2/c1-2-3-4(6)5(7)8/h4H,2-3,6H2,1H3,(H,7,8)/t4-/m0/s1/i2+0D2,3+1D,4+1,5+1,6+1/t3-,4-. The molecule has 0 fully saturated rings. The third kappa shape index (κ3) is 2.58. The highest BCUT2D eigenvalue weighted by Gasteiger charge is 2.07. The van der Waals surface area contributed by atoms with Gasteiger partial charge in [-0.1, -0.05) is 13.3 Å². The Morgan fingerprint density at radius 3 is 2.75 bits per heavy atom. The molecule has 0 aromatic carbocycles. The molecule has 3 N–H and O–H groups in total. The zero-order valence-electron chi connectivity index (χ0n) is 7.59. The molecule has 0 heterocycles. The largest absolute Gasteiger partial charge is 0.480 e. The van der Waals surface area contributed by atoms with Gasteiger partial charge in [-0.3, -0.25) is 4.79 Å². The van der Waals surface area contributed by atoms with Crippen LogP contribution in [0, 0.1) is 0 Å². The van der Waals surface area contributed by atoms with Crippen LogP contribution in [0.2, 0.25) is 0 Å². The minimum absolute atomic E-state index is 1.13. The molecule has 0 radical (unpaired) electrons. The van der Waals surface area contributed by atoms with Crippen molar-refractivity contribution >= 4 is 5.97 Å². The predicted octanol–water partition coefficient (Wildman–Crippen LogP) is 0.198. The van der Waals surface area contributed by atoms with Gasteiger partial charge in [0, 0.05) is 4.11 Å². The second-order valence-corrected chi connectivity index (χ2v) is 1.32. The van der Waals surface area contributed by atoms with Crippen molar-refractivity contribution in [3.63, 3.8) is 0 Å². The van der Waals surface area contributed by atoms with Crippen LogP contribution in [0.4, 0.5) is 0 Å². The summed E-state index contributed by atoms with van der Waals surface area (Å²) in [6, 6.07) is -1.46. The van der Waals surface area contributed by atoms with Crippen molar-refractivity contribution in [2.24, 2.45) is 5.73 Å². The van der Waals surface area contributed by atoms with Crippen molar-refractivity contribution in [3.8, 4) is 0 Å². The number of aliphatic carboxylic acids is 1. The van der Waals surface area contributed by atoms with Gasteiger partial charge in [-0.25, -0.2) is 0 Å². The Labute approximate surface area is 52.7 Å². The molecule has 3 heteroatoms. The SMILES string of the molecule is [2H][13C@H]([13C@H]([15NH2])[13C](=O)O)[12C]([2H])([2H])C. The molecule has 0 bridgehead atoms. The van der Waals surface area contributed by atoms with E-state index in [1.165, 1.54) is 0 Å². The molecule has 0 saturated carbocycles. The Morgan fingerprint density at radius 1 is 2.12 bits per heavy atom. The Kier molecular flexibility index (Phi) is 1.48. The molecule has 2 atom stereocenters. The minimum atomic E-state index is -1.88. The molecule has 0 aliphatic heterocycles. The van der Waals surface area contributed by atoms with E-state index in [4.69, 9.17) is 15.0 Å². The molecule has 0 aliphatic carbocycles. The van der Waals surface area contributed by atoms with Crippen LogP contribution in [0.15, 0.2) is 0 Å². The minimum Gasteiger partial charge on any atom is -0.480 e. The van der Waals surface area contributed by atoms with E-state index >= 15 is 0 Å². The molecular formula is C5H11NO2. The van der Waals surface area contributed by atoms with Crippen LogP contribution in [-0.4, -0.2) is 17.1 Å². The van der Waals surface area contributed by atoms with Gasteiger partial charge in [0.25, 0.3) is 0 Å². The quantitative estimate of drug-likeness (QED) is 0.417. The van der Waals surface area contributed by atoms with Gasteiger partial charge >= 0.3 is 5.97 Å². The number of carboxylic acid groups (broad SMARTS) is 1. The van der Waals surface area contributed by atoms with Crippen molar-refractivity contribution in [1.29, 1.82) is 0 Å². The van der Waals surface area contributed by atoms with E-state index < -0.39 is 24.8 Å². The number of rotatable bonds is 3. The Balaban J connectivity index is 4.25.